The fraction of sp³-hybridized carbons (Fsp3) is 0.0455. The molecule has 10 nitrogen and oxygen atoms in total. The van der Waals surface area contributed by atoms with Crippen LogP contribution in [0.15, 0.2) is 78.1 Å². The Morgan fingerprint density at radius 1 is 1.06 bits per heavy atom. The van der Waals surface area contributed by atoms with Crippen molar-refractivity contribution in [3.05, 3.63) is 93.9 Å². The van der Waals surface area contributed by atoms with Crippen molar-refractivity contribution in [2.24, 2.45) is 0 Å². The van der Waals surface area contributed by atoms with Gasteiger partial charge in [0.2, 0.25) is 5.95 Å². The van der Waals surface area contributed by atoms with E-state index in [-0.39, 0.29) is 15.6 Å². The van der Waals surface area contributed by atoms with E-state index in [1.807, 2.05) is 13.0 Å². The van der Waals surface area contributed by atoms with Gasteiger partial charge in [-0.3, -0.25) is 19.8 Å². The van der Waals surface area contributed by atoms with E-state index in [0.717, 1.165) is 17.2 Å². The minimum Gasteiger partial charge on any atom is -0.324 e. The summed E-state index contributed by atoms with van der Waals surface area (Å²) in [7, 11) is -4.11. The lowest BCUT2D eigenvalue weighted by Crippen LogP contribution is -2.13. The number of benzene rings is 2. The lowest BCUT2D eigenvalue weighted by molar-refractivity contribution is -0.384. The Kier molecular flexibility index (Phi) is 6.39. The molecule has 2 N–H and O–H groups in total. The van der Waals surface area contributed by atoms with Gasteiger partial charge in [-0.15, -0.1) is 0 Å². The molecule has 4 aromatic rings. The average Bonchev–Trinajstić information content (AvgIpc) is 2.82. The molecule has 2 aromatic carbocycles. The first-order chi connectivity index (χ1) is 16.2. The van der Waals surface area contributed by atoms with Crippen LogP contribution in [0.25, 0.3) is 11.3 Å². The summed E-state index contributed by atoms with van der Waals surface area (Å²) in [5.41, 5.74) is 2.63. The second kappa shape index (κ2) is 9.41. The van der Waals surface area contributed by atoms with Crippen molar-refractivity contribution in [2.45, 2.75) is 11.8 Å². The third-order valence-corrected chi connectivity index (χ3v) is 6.47. The van der Waals surface area contributed by atoms with E-state index in [1.54, 1.807) is 48.9 Å². The molecule has 0 unspecified atom stereocenters. The summed E-state index contributed by atoms with van der Waals surface area (Å²) in [4.78, 5) is 22.9. The van der Waals surface area contributed by atoms with Gasteiger partial charge in [-0.05, 0) is 55.0 Å². The number of aromatic nitrogens is 3. The molecule has 0 spiro atoms. The Balaban J connectivity index is 1.60. The smallest absolute Gasteiger partial charge is 0.289 e. The molecule has 12 heteroatoms. The molecule has 2 heterocycles. The van der Waals surface area contributed by atoms with Crippen molar-refractivity contribution in [1.29, 1.82) is 0 Å². The number of nitrogens with zero attached hydrogens (tertiary/aromatic N) is 4. The molecule has 0 amide bonds. The molecule has 0 aliphatic heterocycles. The molecule has 0 atom stereocenters. The van der Waals surface area contributed by atoms with Crippen molar-refractivity contribution < 1.29 is 13.3 Å². The molecule has 34 heavy (non-hydrogen) atoms. The highest BCUT2D eigenvalue weighted by Gasteiger charge is 2.21. The van der Waals surface area contributed by atoms with Crippen molar-refractivity contribution in [2.75, 3.05) is 10.0 Å². The zero-order chi connectivity index (χ0) is 24.3. The lowest BCUT2D eigenvalue weighted by atomic mass is 10.2. The highest BCUT2D eigenvalue weighted by molar-refractivity contribution is 7.92. The molecule has 0 fully saturated rings. The van der Waals surface area contributed by atoms with Crippen molar-refractivity contribution in [3.63, 3.8) is 0 Å². The Morgan fingerprint density at radius 2 is 1.88 bits per heavy atom. The van der Waals surface area contributed by atoms with Crippen LogP contribution < -0.4 is 10.0 Å². The van der Waals surface area contributed by atoms with E-state index >= 15 is 0 Å². The van der Waals surface area contributed by atoms with Crippen molar-refractivity contribution >= 4 is 44.6 Å². The van der Waals surface area contributed by atoms with Crippen LogP contribution in [0, 0.1) is 17.0 Å². The Labute approximate surface area is 199 Å². The monoisotopic (exact) mass is 496 g/mol. The molecule has 0 radical (unpaired) electrons. The zero-order valence-electron chi connectivity index (χ0n) is 17.6. The second-order valence-electron chi connectivity index (χ2n) is 7.14. The largest absolute Gasteiger partial charge is 0.324 e. The molecule has 0 aliphatic carbocycles. The van der Waals surface area contributed by atoms with E-state index in [4.69, 9.17) is 11.6 Å². The van der Waals surface area contributed by atoms with E-state index in [9.17, 15) is 18.5 Å². The average molecular weight is 497 g/mol. The third-order valence-electron chi connectivity index (χ3n) is 4.77. The van der Waals surface area contributed by atoms with Gasteiger partial charge in [0.15, 0.2) is 0 Å². The maximum atomic E-state index is 12.8. The zero-order valence-corrected chi connectivity index (χ0v) is 19.2. The van der Waals surface area contributed by atoms with Gasteiger partial charge in [-0.2, -0.15) is 0 Å². The summed E-state index contributed by atoms with van der Waals surface area (Å²) in [6.45, 7) is 1.84. The van der Waals surface area contributed by atoms with Gasteiger partial charge >= 0.3 is 0 Å². The first-order valence-corrected chi connectivity index (χ1v) is 11.7. The van der Waals surface area contributed by atoms with Crippen LogP contribution in [0.2, 0.25) is 5.02 Å². The molecule has 0 bridgehead atoms. The first kappa shape index (κ1) is 23.1. The van der Waals surface area contributed by atoms with Crippen LogP contribution in [0.3, 0.4) is 0 Å². The van der Waals surface area contributed by atoms with Gasteiger partial charge in [0, 0.05) is 35.9 Å². The van der Waals surface area contributed by atoms with Crippen LogP contribution in [-0.2, 0) is 10.0 Å². The Hall–Kier alpha value is -4.09. The number of hydrogen-bond acceptors (Lipinski definition) is 8. The number of aryl methyl sites for hydroxylation is 1. The molecule has 0 aliphatic rings. The molecule has 172 valence electrons. The Morgan fingerprint density at radius 3 is 2.62 bits per heavy atom. The van der Waals surface area contributed by atoms with Crippen LogP contribution in [0.4, 0.5) is 23.0 Å². The molecule has 0 saturated heterocycles. The van der Waals surface area contributed by atoms with Crippen LogP contribution in [-0.4, -0.2) is 28.3 Å². The Bertz CT molecular complexity index is 1480. The summed E-state index contributed by atoms with van der Waals surface area (Å²) in [6, 6.07) is 13.6. The van der Waals surface area contributed by atoms with Gasteiger partial charge in [0.1, 0.15) is 5.02 Å². The van der Waals surface area contributed by atoms with E-state index < -0.39 is 20.6 Å². The molecular formula is C22H17ClN6O4S. The quantitative estimate of drug-likeness (QED) is 0.270. The van der Waals surface area contributed by atoms with Crippen LogP contribution >= 0.6 is 11.6 Å². The van der Waals surface area contributed by atoms with E-state index in [2.05, 4.69) is 25.0 Å². The van der Waals surface area contributed by atoms with Crippen molar-refractivity contribution in [3.8, 4) is 11.3 Å². The highest BCUT2D eigenvalue weighted by atomic mass is 35.5. The van der Waals surface area contributed by atoms with E-state index in [1.165, 1.54) is 12.1 Å². The van der Waals surface area contributed by atoms with Gasteiger partial charge in [0.25, 0.3) is 15.7 Å². The fourth-order valence-corrected chi connectivity index (χ4v) is 4.30. The number of pyridine rings is 1. The maximum Gasteiger partial charge on any atom is 0.289 e. The van der Waals surface area contributed by atoms with E-state index in [0.29, 0.717) is 17.3 Å². The number of rotatable bonds is 7. The second-order valence-corrected chi connectivity index (χ2v) is 9.23. The number of nitro benzene ring substituents is 1. The van der Waals surface area contributed by atoms with Gasteiger partial charge in [-0.25, -0.2) is 18.4 Å². The first-order valence-electron chi connectivity index (χ1n) is 9.81. The maximum absolute atomic E-state index is 12.8. The molecule has 2 aromatic heterocycles. The number of hydrogen-bond donors (Lipinski definition) is 2. The standard InChI is InChI=1S/C22H17ClN6O4S/c1-14-4-5-16(28-34(32,33)17-6-7-18(23)21(12-17)29(30)31)11-20(14)27-22-25-10-8-19(26-22)15-3-2-9-24-13-15/h2-13,28H,1H3,(H,25,26,27). The third kappa shape index (κ3) is 5.11. The molecular weight excluding hydrogens is 480 g/mol. The SMILES string of the molecule is Cc1ccc(NS(=O)(=O)c2ccc(Cl)c([N+](=O)[O-])c2)cc1Nc1nccc(-c2cccnc2)n1. The van der Waals surface area contributed by atoms with Crippen molar-refractivity contribution in [1.82, 2.24) is 15.0 Å². The number of sulfonamides is 1. The summed E-state index contributed by atoms with van der Waals surface area (Å²) in [5.74, 6) is 0.317. The number of nitrogens with one attached hydrogen (secondary N) is 2. The van der Waals surface area contributed by atoms with Gasteiger partial charge < -0.3 is 5.32 Å². The topological polar surface area (TPSA) is 140 Å². The predicted molar refractivity (Wildman–Crippen MR) is 129 cm³/mol. The summed E-state index contributed by atoms with van der Waals surface area (Å²) >= 11 is 5.79. The summed E-state index contributed by atoms with van der Waals surface area (Å²) in [6.07, 6.45) is 4.96. The fourth-order valence-electron chi connectivity index (χ4n) is 3.05. The number of halogens is 1. The van der Waals surface area contributed by atoms with Crippen LogP contribution in [0.5, 0.6) is 0 Å². The van der Waals surface area contributed by atoms with Gasteiger partial charge in [0.05, 0.1) is 21.2 Å². The number of nitro groups is 1. The molecule has 0 saturated carbocycles. The summed E-state index contributed by atoms with van der Waals surface area (Å²) < 4.78 is 28.1. The predicted octanol–water partition coefficient (Wildman–Crippen LogP) is 4.95. The van der Waals surface area contributed by atoms with Gasteiger partial charge in [-0.1, -0.05) is 17.7 Å². The summed E-state index contributed by atoms with van der Waals surface area (Å²) in [5, 5.41) is 14.1. The minimum absolute atomic E-state index is 0.153. The lowest BCUT2D eigenvalue weighted by Gasteiger charge is -2.13. The number of anilines is 3. The normalized spacial score (nSPS) is 11.1. The van der Waals surface area contributed by atoms with Crippen LogP contribution in [0.1, 0.15) is 5.56 Å². The molecule has 4 rings (SSSR count). The minimum atomic E-state index is -4.11. The highest BCUT2D eigenvalue weighted by Crippen LogP contribution is 2.29.